The summed E-state index contributed by atoms with van der Waals surface area (Å²) >= 11 is 0. The van der Waals surface area contributed by atoms with Gasteiger partial charge in [0, 0.05) is 12.1 Å². The highest BCUT2D eigenvalue weighted by atomic mass is 19.1. The minimum absolute atomic E-state index is 0.178. The minimum atomic E-state index is -0.213. The summed E-state index contributed by atoms with van der Waals surface area (Å²) in [5.41, 5.74) is 1.75. The molecular weight excluding hydrogens is 269 g/mol. The molecule has 2 N–H and O–H groups in total. The van der Waals surface area contributed by atoms with Gasteiger partial charge in [-0.2, -0.15) is 0 Å². The zero-order valence-corrected chi connectivity index (χ0v) is 12.1. The van der Waals surface area contributed by atoms with Crippen molar-refractivity contribution in [3.63, 3.8) is 0 Å². The Morgan fingerprint density at radius 3 is 2.76 bits per heavy atom. The van der Waals surface area contributed by atoms with Gasteiger partial charge in [-0.15, -0.1) is 0 Å². The lowest BCUT2D eigenvalue weighted by Crippen LogP contribution is -2.16. The maximum atomic E-state index is 13.0. The maximum Gasteiger partial charge on any atom is 0.162 e. The molecule has 0 saturated carbocycles. The van der Waals surface area contributed by atoms with Crippen molar-refractivity contribution < 1.29 is 14.2 Å². The Morgan fingerprint density at radius 2 is 2.00 bits per heavy atom. The number of hydrogen-bond acceptors (Lipinski definition) is 3. The van der Waals surface area contributed by atoms with Gasteiger partial charge in [0.1, 0.15) is 5.82 Å². The normalized spacial score (nSPS) is 10.6. The molecule has 112 valence electrons. The first-order valence-electron chi connectivity index (χ1n) is 7.09. The number of nitrogens with one attached hydrogen (secondary N) is 1. The Balaban J connectivity index is 1.85. The number of rotatable bonds is 7. The first kappa shape index (κ1) is 15.3. The molecular formula is C17H20FNO2. The quantitative estimate of drug-likeness (QED) is 0.769. The molecule has 21 heavy (non-hydrogen) atoms. The standard InChI is InChI=1S/C17H20FNO2/c1-2-21-16-8-4-6-14(17(16)20)12-19-10-9-13-5-3-7-15(18)11-13/h3-8,11,19-20H,2,9-10,12H2,1H3. The molecule has 0 heterocycles. The van der Waals surface area contributed by atoms with Gasteiger partial charge in [0.25, 0.3) is 0 Å². The number of phenols is 1. The molecule has 0 aromatic heterocycles. The van der Waals surface area contributed by atoms with Crippen molar-refractivity contribution in [1.82, 2.24) is 5.32 Å². The summed E-state index contributed by atoms with van der Waals surface area (Å²) < 4.78 is 18.4. The molecule has 2 aromatic rings. The molecule has 0 saturated heterocycles. The number of ether oxygens (including phenoxy) is 1. The van der Waals surface area contributed by atoms with E-state index in [0.29, 0.717) is 25.4 Å². The fraction of sp³-hybridized carbons (Fsp3) is 0.294. The number of phenolic OH excluding ortho intramolecular Hbond substituents is 1. The Hall–Kier alpha value is -2.07. The van der Waals surface area contributed by atoms with E-state index in [-0.39, 0.29) is 11.6 Å². The van der Waals surface area contributed by atoms with Crippen LogP contribution in [-0.2, 0) is 13.0 Å². The topological polar surface area (TPSA) is 41.5 Å². The smallest absolute Gasteiger partial charge is 0.162 e. The fourth-order valence-corrected chi connectivity index (χ4v) is 2.13. The van der Waals surface area contributed by atoms with Gasteiger partial charge in [-0.3, -0.25) is 0 Å². The first-order chi connectivity index (χ1) is 10.2. The second-order valence-corrected chi connectivity index (χ2v) is 4.75. The van der Waals surface area contributed by atoms with Crippen LogP contribution >= 0.6 is 0 Å². The Kier molecular flexibility index (Phi) is 5.58. The molecule has 0 amide bonds. The third-order valence-corrected chi connectivity index (χ3v) is 3.18. The van der Waals surface area contributed by atoms with Crippen molar-refractivity contribution in [2.24, 2.45) is 0 Å². The van der Waals surface area contributed by atoms with Crippen LogP contribution in [0.15, 0.2) is 42.5 Å². The van der Waals surface area contributed by atoms with Gasteiger partial charge in [-0.1, -0.05) is 24.3 Å². The van der Waals surface area contributed by atoms with Gasteiger partial charge in [0.15, 0.2) is 11.5 Å². The molecule has 3 nitrogen and oxygen atoms in total. The van der Waals surface area contributed by atoms with E-state index >= 15 is 0 Å². The van der Waals surface area contributed by atoms with Crippen molar-refractivity contribution in [2.45, 2.75) is 19.9 Å². The molecule has 2 rings (SSSR count). The SMILES string of the molecule is CCOc1cccc(CNCCc2cccc(F)c2)c1O. The predicted octanol–water partition coefficient (Wildman–Crippen LogP) is 3.26. The summed E-state index contributed by atoms with van der Waals surface area (Å²) in [6.45, 7) is 3.65. The fourth-order valence-electron chi connectivity index (χ4n) is 2.13. The lowest BCUT2D eigenvalue weighted by atomic mass is 10.1. The van der Waals surface area contributed by atoms with Gasteiger partial charge in [0.2, 0.25) is 0 Å². The number of aromatic hydroxyl groups is 1. The van der Waals surface area contributed by atoms with Gasteiger partial charge in [-0.05, 0) is 43.7 Å². The van der Waals surface area contributed by atoms with E-state index in [9.17, 15) is 9.50 Å². The van der Waals surface area contributed by atoms with Gasteiger partial charge >= 0.3 is 0 Å². The van der Waals surface area contributed by atoms with Crippen LogP contribution in [0.1, 0.15) is 18.1 Å². The van der Waals surface area contributed by atoms with Crippen LogP contribution in [-0.4, -0.2) is 18.3 Å². The summed E-state index contributed by atoms with van der Waals surface area (Å²) in [6, 6.07) is 12.0. The van der Waals surface area contributed by atoms with Crippen molar-refractivity contribution in [1.29, 1.82) is 0 Å². The highest BCUT2D eigenvalue weighted by molar-refractivity contribution is 5.45. The molecule has 0 spiro atoms. The summed E-state index contributed by atoms with van der Waals surface area (Å²) in [5, 5.41) is 13.3. The summed E-state index contributed by atoms with van der Waals surface area (Å²) in [4.78, 5) is 0. The number of benzene rings is 2. The van der Waals surface area contributed by atoms with Crippen LogP contribution in [0.2, 0.25) is 0 Å². The molecule has 0 unspecified atom stereocenters. The van der Waals surface area contributed by atoms with Crippen molar-refractivity contribution in [3.05, 3.63) is 59.4 Å². The van der Waals surface area contributed by atoms with Crippen LogP contribution in [0.25, 0.3) is 0 Å². The molecule has 0 aliphatic heterocycles. The maximum absolute atomic E-state index is 13.0. The van der Waals surface area contributed by atoms with Gasteiger partial charge < -0.3 is 15.2 Å². The van der Waals surface area contributed by atoms with Crippen molar-refractivity contribution >= 4 is 0 Å². The molecule has 0 bridgehead atoms. The largest absolute Gasteiger partial charge is 0.504 e. The molecule has 0 aliphatic rings. The minimum Gasteiger partial charge on any atom is -0.504 e. The highest BCUT2D eigenvalue weighted by Crippen LogP contribution is 2.29. The monoisotopic (exact) mass is 289 g/mol. The summed E-state index contributed by atoms with van der Waals surface area (Å²) in [6.07, 6.45) is 0.740. The molecule has 0 radical (unpaired) electrons. The molecule has 0 fully saturated rings. The number of hydrogen-bond donors (Lipinski definition) is 2. The first-order valence-corrected chi connectivity index (χ1v) is 7.09. The van der Waals surface area contributed by atoms with Gasteiger partial charge in [-0.25, -0.2) is 4.39 Å². The Morgan fingerprint density at radius 1 is 1.19 bits per heavy atom. The second kappa shape index (κ2) is 7.64. The van der Waals surface area contributed by atoms with Crippen LogP contribution in [0.3, 0.4) is 0 Å². The average molecular weight is 289 g/mol. The van der Waals surface area contributed by atoms with Crippen LogP contribution in [0.4, 0.5) is 4.39 Å². The predicted molar refractivity (Wildman–Crippen MR) is 81.1 cm³/mol. The lowest BCUT2D eigenvalue weighted by Gasteiger charge is -2.11. The highest BCUT2D eigenvalue weighted by Gasteiger charge is 2.07. The number of halogens is 1. The van der Waals surface area contributed by atoms with Crippen molar-refractivity contribution in [2.75, 3.05) is 13.2 Å². The molecule has 4 heteroatoms. The third-order valence-electron chi connectivity index (χ3n) is 3.18. The summed E-state index contributed by atoms with van der Waals surface area (Å²) in [7, 11) is 0. The van der Waals surface area contributed by atoms with Crippen LogP contribution in [0.5, 0.6) is 11.5 Å². The lowest BCUT2D eigenvalue weighted by molar-refractivity contribution is 0.316. The zero-order chi connectivity index (χ0) is 15.1. The van der Waals surface area contributed by atoms with Crippen molar-refractivity contribution in [3.8, 4) is 11.5 Å². The van der Waals surface area contributed by atoms with E-state index in [0.717, 1.165) is 17.5 Å². The van der Waals surface area contributed by atoms with Crippen LogP contribution in [0, 0.1) is 5.82 Å². The summed E-state index contributed by atoms with van der Waals surface area (Å²) in [5.74, 6) is 0.467. The van der Waals surface area contributed by atoms with E-state index in [1.54, 1.807) is 12.1 Å². The Bertz CT molecular complexity index is 587. The van der Waals surface area contributed by atoms with E-state index in [2.05, 4.69) is 5.32 Å². The van der Waals surface area contributed by atoms with E-state index in [1.807, 2.05) is 25.1 Å². The molecule has 0 atom stereocenters. The van der Waals surface area contributed by atoms with E-state index < -0.39 is 0 Å². The molecule has 2 aromatic carbocycles. The third kappa shape index (κ3) is 4.46. The van der Waals surface area contributed by atoms with Crippen LogP contribution < -0.4 is 10.1 Å². The van der Waals surface area contributed by atoms with Gasteiger partial charge in [0.05, 0.1) is 6.61 Å². The Labute approximate surface area is 124 Å². The van der Waals surface area contributed by atoms with E-state index in [1.165, 1.54) is 12.1 Å². The average Bonchev–Trinajstić information content (AvgIpc) is 2.47. The molecule has 0 aliphatic carbocycles. The zero-order valence-electron chi connectivity index (χ0n) is 12.1. The van der Waals surface area contributed by atoms with E-state index in [4.69, 9.17) is 4.74 Å². The number of para-hydroxylation sites is 1. The second-order valence-electron chi connectivity index (χ2n) is 4.75.